The highest BCUT2D eigenvalue weighted by molar-refractivity contribution is 7.98. The highest BCUT2D eigenvalue weighted by atomic mass is 32.2. The lowest BCUT2D eigenvalue weighted by Gasteiger charge is -2.13. The fourth-order valence-corrected chi connectivity index (χ4v) is 4.74. The monoisotopic (exact) mass is 354 g/mol. The Bertz CT molecular complexity index is 921. The van der Waals surface area contributed by atoms with Gasteiger partial charge in [-0.1, -0.05) is 30.3 Å². The number of hydrogen-bond donors (Lipinski definition) is 1. The first-order chi connectivity index (χ1) is 11.8. The van der Waals surface area contributed by atoms with Crippen molar-refractivity contribution in [2.45, 2.75) is 10.6 Å². The quantitative estimate of drug-likeness (QED) is 0.742. The van der Waals surface area contributed by atoms with Gasteiger partial charge in [0.2, 0.25) is 0 Å². The molecule has 2 heterocycles. The fourth-order valence-electron chi connectivity index (χ4n) is 2.64. The molecule has 1 N–H and O–H groups in total. The summed E-state index contributed by atoms with van der Waals surface area (Å²) in [4.78, 5) is 19.6. The van der Waals surface area contributed by atoms with Gasteiger partial charge in [-0.15, -0.1) is 23.1 Å². The van der Waals surface area contributed by atoms with E-state index in [0.29, 0.717) is 16.4 Å². The van der Waals surface area contributed by atoms with Crippen LogP contribution >= 0.6 is 23.1 Å². The fraction of sp³-hybridized carbons (Fsp3) is 0.111. The molecule has 24 heavy (non-hydrogen) atoms. The molecule has 4 nitrogen and oxygen atoms in total. The summed E-state index contributed by atoms with van der Waals surface area (Å²) >= 11 is 3.33. The zero-order valence-electron chi connectivity index (χ0n) is 12.9. The molecule has 1 aliphatic rings. The van der Waals surface area contributed by atoms with Crippen LogP contribution in [0.4, 0.5) is 5.13 Å². The number of thiazole rings is 1. The van der Waals surface area contributed by atoms with Crippen molar-refractivity contribution in [3.8, 4) is 17.0 Å². The van der Waals surface area contributed by atoms with Crippen molar-refractivity contribution in [1.29, 1.82) is 0 Å². The molecule has 0 aliphatic carbocycles. The lowest BCUT2D eigenvalue weighted by molar-refractivity contribution is 0.102. The summed E-state index contributed by atoms with van der Waals surface area (Å²) in [5.74, 6) is 1.23. The molecule has 0 saturated heterocycles. The predicted molar refractivity (Wildman–Crippen MR) is 98.1 cm³/mol. The number of carbonyl (C=O) groups excluding carboxylic acids is 1. The Morgan fingerprint density at radius 3 is 2.83 bits per heavy atom. The second-order valence-corrected chi connectivity index (χ2v) is 7.33. The molecule has 1 aromatic heterocycles. The topological polar surface area (TPSA) is 51.2 Å². The molecular weight excluding hydrogens is 340 g/mol. The molecule has 0 atom stereocenters. The molecule has 0 fully saturated rings. The number of nitrogens with zero attached hydrogens (tertiary/aromatic N) is 1. The van der Waals surface area contributed by atoms with Gasteiger partial charge in [0.15, 0.2) is 5.13 Å². The third-order valence-corrected chi connectivity index (χ3v) is 6.02. The number of nitrogens with one attached hydrogen (secondary N) is 1. The average Bonchev–Trinajstić information content (AvgIpc) is 3.04. The minimum atomic E-state index is -0.209. The first-order valence-corrected chi connectivity index (χ1v) is 9.23. The molecule has 1 aliphatic heterocycles. The number of amides is 1. The van der Waals surface area contributed by atoms with Gasteiger partial charge in [-0.3, -0.25) is 10.1 Å². The van der Waals surface area contributed by atoms with Gasteiger partial charge in [-0.25, -0.2) is 4.98 Å². The molecule has 0 bridgehead atoms. The number of benzene rings is 2. The van der Waals surface area contributed by atoms with Gasteiger partial charge >= 0.3 is 0 Å². The van der Waals surface area contributed by atoms with E-state index in [4.69, 9.17) is 4.74 Å². The van der Waals surface area contributed by atoms with E-state index in [1.807, 2.05) is 24.3 Å². The third-order valence-electron chi connectivity index (χ3n) is 3.77. The minimum Gasteiger partial charge on any atom is -0.496 e. The highest BCUT2D eigenvalue weighted by Crippen LogP contribution is 2.44. The standard InChI is InChI=1S/C18H14N2O2S2/c1-22-13-8-4-2-6-11(13)17(21)20-18-19-16-12-7-3-5-9-14(12)23-10-15(16)24-18/h2-9H,10H2,1H3,(H,19,20,21). The molecule has 1 amide bonds. The van der Waals surface area contributed by atoms with Crippen LogP contribution in [-0.4, -0.2) is 18.0 Å². The Morgan fingerprint density at radius 2 is 1.96 bits per heavy atom. The van der Waals surface area contributed by atoms with Crippen LogP contribution in [0.1, 0.15) is 15.2 Å². The van der Waals surface area contributed by atoms with Crippen molar-refractivity contribution < 1.29 is 9.53 Å². The Balaban J connectivity index is 1.64. The summed E-state index contributed by atoms with van der Waals surface area (Å²) < 4.78 is 5.25. The molecule has 6 heteroatoms. The molecular formula is C18H14N2O2S2. The third kappa shape index (κ3) is 2.68. The van der Waals surface area contributed by atoms with E-state index in [2.05, 4.69) is 22.4 Å². The van der Waals surface area contributed by atoms with Crippen molar-refractivity contribution in [2.24, 2.45) is 0 Å². The Labute approximate surface area is 147 Å². The van der Waals surface area contributed by atoms with Crippen molar-refractivity contribution in [3.63, 3.8) is 0 Å². The molecule has 0 spiro atoms. The van der Waals surface area contributed by atoms with Crippen molar-refractivity contribution in [2.75, 3.05) is 12.4 Å². The van der Waals surface area contributed by atoms with Gasteiger partial charge in [-0.05, 0) is 18.2 Å². The minimum absolute atomic E-state index is 0.209. The molecule has 0 radical (unpaired) electrons. The first kappa shape index (κ1) is 15.2. The Morgan fingerprint density at radius 1 is 1.17 bits per heavy atom. The van der Waals surface area contributed by atoms with E-state index in [1.165, 1.54) is 21.1 Å². The Hall–Kier alpha value is -2.31. The van der Waals surface area contributed by atoms with Gasteiger partial charge in [0.05, 0.1) is 18.4 Å². The molecule has 120 valence electrons. The maximum atomic E-state index is 12.5. The number of thioether (sulfide) groups is 1. The van der Waals surface area contributed by atoms with E-state index < -0.39 is 0 Å². The zero-order chi connectivity index (χ0) is 16.5. The van der Waals surface area contributed by atoms with Crippen LogP contribution in [0.25, 0.3) is 11.3 Å². The number of anilines is 1. The van der Waals surface area contributed by atoms with Gasteiger partial charge in [-0.2, -0.15) is 0 Å². The Kier molecular flexibility index (Phi) is 4.00. The average molecular weight is 354 g/mol. The first-order valence-electron chi connectivity index (χ1n) is 7.42. The number of para-hydroxylation sites is 1. The molecule has 4 rings (SSSR count). The normalized spacial score (nSPS) is 12.2. The highest BCUT2D eigenvalue weighted by Gasteiger charge is 2.22. The second-order valence-electron chi connectivity index (χ2n) is 5.23. The number of fused-ring (bicyclic) bond motifs is 3. The number of rotatable bonds is 3. The van der Waals surface area contributed by atoms with Gasteiger partial charge in [0.1, 0.15) is 5.75 Å². The largest absolute Gasteiger partial charge is 0.496 e. The van der Waals surface area contributed by atoms with Gasteiger partial charge < -0.3 is 4.74 Å². The maximum absolute atomic E-state index is 12.5. The molecule has 0 saturated carbocycles. The summed E-state index contributed by atoms with van der Waals surface area (Å²) in [6.07, 6.45) is 0. The van der Waals surface area contributed by atoms with Gasteiger partial charge in [0, 0.05) is 21.1 Å². The summed E-state index contributed by atoms with van der Waals surface area (Å²) in [6, 6.07) is 15.4. The van der Waals surface area contributed by atoms with Crippen LogP contribution in [0.15, 0.2) is 53.4 Å². The zero-order valence-corrected chi connectivity index (χ0v) is 14.5. The van der Waals surface area contributed by atoms with Crippen molar-refractivity contribution in [1.82, 2.24) is 4.98 Å². The summed E-state index contributed by atoms with van der Waals surface area (Å²) in [6.45, 7) is 0. The van der Waals surface area contributed by atoms with Crippen LogP contribution in [-0.2, 0) is 5.75 Å². The summed E-state index contributed by atoms with van der Waals surface area (Å²) in [5, 5.41) is 3.52. The van der Waals surface area contributed by atoms with Gasteiger partial charge in [0.25, 0.3) is 5.91 Å². The summed E-state index contributed by atoms with van der Waals surface area (Å²) in [5.41, 5.74) is 2.62. The van der Waals surface area contributed by atoms with E-state index >= 15 is 0 Å². The lowest BCUT2D eigenvalue weighted by Crippen LogP contribution is -2.12. The van der Waals surface area contributed by atoms with Crippen LogP contribution in [0.3, 0.4) is 0 Å². The SMILES string of the molecule is COc1ccccc1C(=O)Nc1nc2c(s1)CSc1ccccc1-2. The van der Waals surface area contributed by atoms with Crippen LogP contribution in [0.5, 0.6) is 5.75 Å². The molecule has 2 aromatic carbocycles. The number of aromatic nitrogens is 1. The maximum Gasteiger partial charge on any atom is 0.261 e. The van der Waals surface area contributed by atoms with E-state index in [9.17, 15) is 4.79 Å². The van der Waals surface area contributed by atoms with Crippen molar-refractivity contribution >= 4 is 34.1 Å². The number of carbonyl (C=O) groups is 1. The number of methoxy groups -OCH3 is 1. The predicted octanol–water partition coefficient (Wildman–Crippen LogP) is 4.68. The van der Waals surface area contributed by atoms with Crippen LogP contribution in [0.2, 0.25) is 0 Å². The van der Waals surface area contributed by atoms with E-state index in [-0.39, 0.29) is 5.91 Å². The molecule has 3 aromatic rings. The number of hydrogen-bond acceptors (Lipinski definition) is 5. The van der Waals surface area contributed by atoms with Crippen LogP contribution < -0.4 is 10.1 Å². The van der Waals surface area contributed by atoms with Crippen LogP contribution in [0, 0.1) is 0 Å². The van der Waals surface area contributed by atoms with E-state index in [1.54, 1.807) is 31.0 Å². The second kappa shape index (κ2) is 6.30. The van der Waals surface area contributed by atoms with Crippen molar-refractivity contribution in [3.05, 3.63) is 59.0 Å². The number of ether oxygens (including phenoxy) is 1. The summed E-state index contributed by atoms with van der Waals surface area (Å²) in [7, 11) is 1.56. The van der Waals surface area contributed by atoms with E-state index in [0.717, 1.165) is 17.0 Å². The smallest absolute Gasteiger partial charge is 0.261 e. The lowest BCUT2D eigenvalue weighted by atomic mass is 10.1. The molecule has 0 unspecified atom stereocenters.